The van der Waals surface area contributed by atoms with Crippen molar-refractivity contribution < 1.29 is 33.6 Å². The van der Waals surface area contributed by atoms with Gasteiger partial charge in [-0.1, -0.05) is 149 Å². The second-order valence-electron chi connectivity index (χ2n) is 13.1. The van der Waals surface area contributed by atoms with Crippen molar-refractivity contribution in [3.05, 3.63) is 126 Å². The van der Waals surface area contributed by atoms with Crippen LogP contribution in [0.5, 0.6) is 5.75 Å². The van der Waals surface area contributed by atoms with Crippen molar-refractivity contribution in [3.8, 4) is 5.75 Å². The third-order valence-electron chi connectivity index (χ3n) is 8.98. The van der Waals surface area contributed by atoms with Crippen molar-refractivity contribution >= 4 is 11.9 Å². The van der Waals surface area contributed by atoms with E-state index in [9.17, 15) is 9.59 Å². The number of hydrogen-bond donors (Lipinski definition) is 1. The van der Waals surface area contributed by atoms with Gasteiger partial charge in [-0.25, -0.2) is 0 Å². The van der Waals surface area contributed by atoms with E-state index >= 15 is 0 Å². The fourth-order valence-corrected chi connectivity index (χ4v) is 6.10. The summed E-state index contributed by atoms with van der Waals surface area (Å²) in [6.45, 7) is 2.94. The van der Waals surface area contributed by atoms with Gasteiger partial charge in [0.1, 0.15) is 17.5 Å². The molecule has 0 aliphatic rings. The molecule has 1 N–H and O–H groups in total. The van der Waals surface area contributed by atoms with Crippen LogP contribution in [-0.4, -0.2) is 50.1 Å². The first kappa shape index (κ1) is 42.2. The van der Waals surface area contributed by atoms with Gasteiger partial charge in [0.2, 0.25) is 0 Å². The third kappa shape index (κ3) is 15.6. The van der Waals surface area contributed by atoms with Gasteiger partial charge in [-0.05, 0) is 60.9 Å². The molecule has 0 fully saturated rings. The van der Waals surface area contributed by atoms with Crippen LogP contribution in [0.15, 0.2) is 109 Å². The first-order valence-electron chi connectivity index (χ1n) is 19.2. The number of esters is 1. The van der Waals surface area contributed by atoms with Gasteiger partial charge in [0, 0.05) is 6.61 Å². The summed E-state index contributed by atoms with van der Waals surface area (Å²) in [5.74, 6) is -0.920. The van der Waals surface area contributed by atoms with E-state index < -0.39 is 23.6 Å². The van der Waals surface area contributed by atoms with Crippen LogP contribution in [0, 0.1) is 0 Å². The highest BCUT2D eigenvalue weighted by Crippen LogP contribution is 2.41. The minimum absolute atomic E-state index is 0.0273. The van der Waals surface area contributed by atoms with Gasteiger partial charge in [-0.15, -0.1) is 0 Å². The van der Waals surface area contributed by atoms with Crippen molar-refractivity contribution in [1.29, 1.82) is 0 Å². The first-order chi connectivity index (χ1) is 25.5. The van der Waals surface area contributed by atoms with E-state index in [1.54, 1.807) is 7.11 Å². The molecule has 52 heavy (non-hydrogen) atoms. The van der Waals surface area contributed by atoms with Gasteiger partial charge >= 0.3 is 11.9 Å². The summed E-state index contributed by atoms with van der Waals surface area (Å²) in [6, 6.07) is 27.7. The molecule has 0 saturated carbocycles. The minimum Gasteiger partial charge on any atom is -0.497 e. The van der Waals surface area contributed by atoms with E-state index in [1.165, 1.54) is 44.9 Å². The van der Waals surface area contributed by atoms with Gasteiger partial charge in [0.05, 0.1) is 33.2 Å². The van der Waals surface area contributed by atoms with E-state index in [4.69, 9.17) is 24.1 Å². The van der Waals surface area contributed by atoms with Crippen molar-refractivity contribution in [2.24, 2.45) is 0 Å². The standard InChI is InChI=1S/C45H60O7/c1-3-4-5-6-7-8-9-10-11-12-13-14-15-16-17-24-35-50-36-42(52-44(48)34-33-43(46)47)37-51-45(38-25-20-18-21-26-38,39-27-22-19-23-28-39)40-29-31-41(49-2)32-30-40/h6-7,9-10,18-23,25-32,42H,3-5,8,11-17,24,33-37H2,1-2H3,(H,46,47). The largest absolute Gasteiger partial charge is 0.497 e. The van der Waals surface area contributed by atoms with Crippen molar-refractivity contribution in [2.45, 2.75) is 109 Å². The summed E-state index contributed by atoms with van der Waals surface area (Å²) in [6.07, 6.45) is 21.9. The number of methoxy groups -OCH3 is 1. The molecule has 0 radical (unpaired) electrons. The average Bonchev–Trinajstić information content (AvgIpc) is 3.17. The van der Waals surface area contributed by atoms with E-state index in [1.807, 2.05) is 84.9 Å². The Hall–Kier alpha value is -4.20. The number of benzene rings is 3. The van der Waals surface area contributed by atoms with Gasteiger partial charge in [-0.2, -0.15) is 0 Å². The van der Waals surface area contributed by atoms with Crippen molar-refractivity contribution in [1.82, 2.24) is 0 Å². The van der Waals surface area contributed by atoms with E-state index in [2.05, 4.69) is 31.2 Å². The SMILES string of the molecule is CCCCC=CCC=CCCCCCCCCCOCC(COC(c1ccccc1)(c1ccccc1)c1ccc(OC)cc1)OC(=O)CCC(=O)O. The molecule has 3 aromatic rings. The highest BCUT2D eigenvalue weighted by atomic mass is 16.6. The Labute approximate surface area is 312 Å². The summed E-state index contributed by atoms with van der Waals surface area (Å²) in [4.78, 5) is 23.9. The molecule has 3 rings (SSSR count). The van der Waals surface area contributed by atoms with Gasteiger partial charge in [0.15, 0.2) is 0 Å². The number of aliphatic carboxylic acids is 1. The van der Waals surface area contributed by atoms with Gasteiger partial charge in [0.25, 0.3) is 0 Å². The number of carbonyl (C=O) groups is 2. The summed E-state index contributed by atoms with van der Waals surface area (Å²) >= 11 is 0. The molecular formula is C45H60O7. The third-order valence-corrected chi connectivity index (χ3v) is 8.98. The zero-order chi connectivity index (χ0) is 37.1. The second-order valence-corrected chi connectivity index (χ2v) is 13.1. The molecule has 0 aromatic heterocycles. The van der Waals surface area contributed by atoms with Gasteiger partial charge < -0.3 is 24.1 Å². The number of ether oxygens (including phenoxy) is 4. The number of carbonyl (C=O) groups excluding carboxylic acids is 1. The lowest BCUT2D eigenvalue weighted by atomic mass is 9.80. The molecule has 0 aliphatic carbocycles. The summed E-state index contributed by atoms with van der Waals surface area (Å²) in [5, 5.41) is 9.12. The molecule has 0 amide bonds. The zero-order valence-electron chi connectivity index (χ0n) is 31.4. The normalized spacial score (nSPS) is 12.3. The van der Waals surface area contributed by atoms with Gasteiger partial charge in [-0.3, -0.25) is 9.59 Å². The predicted octanol–water partition coefficient (Wildman–Crippen LogP) is 10.6. The number of unbranched alkanes of at least 4 members (excludes halogenated alkanes) is 9. The molecule has 0 aliphatic heterocycles. The van der Waals surface area contributed by atoms with Crippen molar-refractivity contribution in [2.75, 3.05) is 26.9 Å². The zero-order valence-corrected chi connectivity index (χ0v) is 31.4. The maximum absolute atomic E-state index is 12.7. The average molecular weight is 713 g/mol. The van der Waals surface area contributed by atoms with Crippen LogP contribution < -0.4 is 4.74 Å². The fraction of sp³-hybridized carbons (Fsp3) is 0.467. The summed E-state index contributed by atoms with van der Waals surface area (Å²) in [7, 11) is 1.63. The molecule has 1 atom stereocenters. The Balaban J connectivity index is 1.56. The van der Waals surface area contributed by atoms with Crippen LogP contribution in [0.4, 0.5) is 0 Å². The molecule has 0 spiro atoms. The molecule has 0 saturated heterocycles. The second kappa shape index (κ2) is 25.7. The number of allylic oxidation sites excluding steroid dienone is 4. The summed E-state index contributed by atoms with van der Waals surface area (Å²) in [5.41, 5.74) is 1.65. The van der Waals surface area contributed by atoms with Crippen LogP contribution in [0.3, 0.4) is 0 Å². The molecule has 0 heterocycles. The Morgan fingerprint density at radius 1 is 0.673 bits per heavy atom. The van der Waals surface area contributed by atoms with Crippen LogP contribution in [0.2, 0.25) is 0 Å². The maximum atomic E-state index is 12.7. The Morgan fingerprint density at radius 3 is 1.81 bits per heavy atom. The summed E-state index contributed by atoms with van der Waals surface area (Å²) < 4.78 is 24.2. The highest BCUT2D eigenvalue weighted by molar-refractivity contribution is 5.76. The quantitative estimate of drug-likeness (QED) is 0.0347. The highest BCUT2D eigenvalue weighted by Gasteiger charge is 2.38. The molecule has 7 heteroatoms. The van der Waals surface area contributed by atoms with Crippen LogP contribution in [-0.2, 0) is 29.4 Å². The Kier molecular flexibility index (Phi) is 20.9. The molecule has 1 unspecified atom stereocenters. The number of rotatable bonds is 28. The van der Waals surface area contributed by atoms with E-state index in [-0.39, 0.29) is 26.1 Å². The maximum Gasteiger partial charge on any atom is 0.306 e. The number of hydrogen-bond acceptors (Lipinski definition) is 6. The Morgan fingerprint density at radius 2 is 1.23 bits per heavy atom. The number of carboxylic acid groups (broad SMARTS) is 1. The topological polar surface area (TPSA) is 91.3 Å². The van der Waals surface area contributed by atoms with Crippen molar-refractivity contribution in [3.63, 3.8) is 0 Å². The lowest BCUT2D eigenvalue weighted by molar-refractivity contribution is -0.161. The Bertz CT molecular complexity index is 1390. The first-order valence-corrected chi connectivity index (χ1v) is 19.2. The smallest absolute Gasteiger partial charge is 0.306 e. The van der Waals surface area contributed by atoms with E-state index in [0.717, 1.165) is 54.5 Å². The van der Waals surface area contributed by atoms with Crippen LogP contribution in [0.25, 0.3) is 0 Å². The fourth-order valence-electron chi connectivity index (χ4n) is 6.10. The predicted molar refractivity (Wildman–Crippen MR) is 209 cm³/mol. The molecule has 3 aromatic carbocycles. The lowest BCUT2D eigenvalue weighted by Crippen LogP contribution is -2.38. The van der Waals surface area contributed by atoms with E-state index in [0.29, 0.717) is 6.61 Å². The van der Waals surface area contributed by atoms with Crippen LogP contribution >= 0.6 is 0 Å². The molecule has 282 valence electrons. The minimum atomic E-state index is -1.05. The number of carboxylic acids is 1. The lowest BCUT2D eigenvalue weighted by Gasteiger charge is -2.37. The molecular weight excluding hydrogens is 652 g/mol. The molecule has 0 bridgehead atoms. The molecule has 7 nitrogen and oxygen atoms in total. The monoisotopic (exact) mass is 712 g/mol. The van der Waals surface area contributed by atoms with Crippen LogP contribution in [0.1, 0.15) is 114 Å².